The molecule has 0 N–H and O–H groups in total. The van der Waals surface area contributed by atoms with Crippen LogP contribution in [0.5, 0.6) is 0 Å². The monoisotopic (exact) mass is 292 g/mol. The standard InChI is InChI=1S/C15H12N6O/c1-9-5-3-4-6-11(9)20-8-7-12-13(14(20)22)17-18-15-16-10(2)19-21(12)15/h3-8H,1-2H3. The van der Waals surface area contributed by atoms with Crippen molar-refractivity contribution in [2.24, 2.45) is 0 Å². The minimum absolute atomic E-state index is 0.227. The maximum atomic E-state index is 12.7. The van der Waals surface area contributed by atoms with Crippen molar-refractivity contribution in [2.75, 3.05) is 0 Å². The molecule has 108 valence electrons. The first-order valence-electron chi connectivity index (χ1n) is 6.82. The molecule has 0 atom stereocenters. The van der Waals surface area contributed by atoms with Gasteiger partial charge in [0.1, 0.15) is 11.3 Å². The lowest BCUT2D eigenvalue weighted by atomic mass is 10.2. The molecular formula is C15H12N6O. The summed E-state index contributed by atoms with van der Waals surface area (Å²) >= 11 is 0. The predicted octanol–water partition coefficient (Wildman–Crippen LogP) is 1.44. The molecule has 0 aliphatic heterocycles. The average Bonchev–Trinajstić information content (AvgIpc) is 2.89. The SMILES string of the molecule is Cc1nc2nnc3c(=O)n(-c4ccccc4C)ccc3n2n1. The molecule has 3 heterocycles. The van der Waals surface area contributed by atoms with Gasteiger partial charge in [0.15, 0.2) is 5.52 Å². The molecule has 4 aromatic rings. The van der Waals surface area contributed by atoms with Crippen molar-refractivity contribution in [1.82, 2.24) is 29.4 Å². The second-order valence-electron chi connectivity index (χ2n) is 5.08. The highest BCUT2D eigenvalue weighted by Gasteiger charge is 2.12. The molecule has 0 aliphatic rings. The number of fused-ring (bicyclic) bond motifs is 3. The molecule has 4 rings (SSSR count). The Hall–Kier alpha value is -3.09. The Labute approximate surface area is 124 Å². The van der Waals surface area contributed by atoms with Gasteiger partial charge in [-0.1, -0.05) is 18.2 Å². The molecule has 0 radical (unpaired) electrons. The summed E-state index contributed by atoms with van der Waals surface area (Å²) in [5.41, 5.74) is 2.47. The van der Waals surface area contributed by atoms with E-state index in [0.29, 0.717) is 17.1 Å². The van der Waals surface area contributed by atoms with Gasteiger partial charge in [-0.2, -0.15) is 9.50 Å². The fourth-order valence-corrected chi connectivity index (χ4v) is 2.53. The maximum absolute atomic E-state index is 12.7. The van der Waals surface area contributed by atoms with E-state index in [1.54, 1.807) is 28.3 Å². The number of para-hydroxylation sites is 1. The van der Waals surface area contributed by atoms with Crippen LogP contribution in [0.3, 0.4) is 0 Å². The molecule has 0 saturated carbocycles. The van der Waals surface area contributed by atoms with E-state index in [1.807, 2.05) is 31.2 Å². The minimum Gasteiger partial charge on any atom is -0.282 e. The van der Waals surface area contributed by atoms with Crippen LogP contribution in [0.15, 0.2) is 41.3 Å². The molecule has 0 fully saturated rings. The number of rotatable bonds is 1. The molecule has 0 unspecified atom stereocenters. The van der Waals surface area contributed by atoms with Gasteiger partial charge < -0.3 is 0 Å². The Kier molecular flexibility index (Phi) is 2.56. The van der Waals surface area contributed by atoms with Crippen molar-refractivity contribution in [1.29, 1.82) is 0 Å². The second kappa shape index (κ2) is 4.45. The fraction of sp³-hybridized carbons (Fsp3) is 0.133. The number of benzene rings is 1. The van der Waals surface area contributed by atoms with Gasteiger partial charge in [0.25, 0.3) is 11.3 Å². The topological polar surface area (TPSA) is 78.0 Å². The summed E-state index contributed by atoms with van der Waals surface area (Å²) in [6.45, 7) is 3.73. The van der Waals surface area contributed by atoms with Crippen LogP contribution in [0.4, 0.5) is 0 Å². The van der Waals surface area contributed by atoms with E-state index in [9.17, 15) is 4.79 Å². The molecule has 0 saturated heterocycles. The highest BCUT2D eigenvalue weighted by molar-refractivity contribution is 5.74. The van der Waals surface area contributed by atoms with Crippen LogP contribution >= 0.6 is 0 Å². The van der Waals surface area contributed by atoms with Crippen molar-refractivity contribution >= 4 is 16.8 Å². The third-order valence-electron chi connectivity index (χ3n) is 3.58. The van der Waals surface area contributed by atoms with Gasteiger partial charge in [0.2, 0.25) is 0 Å². The van der Waals surface area contributed by atoms with Crippen LogP contribution in [0.25, 0.3) is 22.5 Å². The molecular weight excluding hydrogens is 280 g/mol. The largest absolute Gasteiger partial charge is 0.285 e. The Morgan fingerprint density at radius 1 is 1.05 bits per heavy atom. The summed E-state index contributed by atoms with van der Waals surface area (Å²) in [7, 11) is 0. The van der Waals surface area contributed by atoms with E-state index in [4.69, 9.17) is 0 Å². The summed E-state index contributed by atoms with van der Waals surface area (Å²) in [6.07, 6.45) is 1.73. The van der Waals surface area contributed by atoms with Gasteiger partial charge in [0, 0.05) is 6.20 Å². The summed E-state index contributed by atoms with van der Waals surface area (Å²) < 4.78 is 3.11. The van der Waals surface area contributed by atoms with Crippen LogP contribution in [-0.2, 0) is 0 Å². The molecule has 1 aromatic carbocycles. The normalized spacial score (nSPS) is 11.4. The summed E-state index contributed by atoms with van der Waals surface area (Å²) in [6, 6.07) is 9.50. The van der Waals surface area contributed by atoms with E-state index in [-0.39, 0.29) is 11.1 Å². The number of aromatic nitrogens is 6. The summed E-state index contributed by atoms with van der Waals surface area (Å²) in [5, 5.41) is 12.3. The van der Waals surface area contributed by atoms with E-state index >= 15 is 0 Å². The number of hydrogen-bond acceptors (Lipinski definition) is 5. The average molecular weight is 292 g/mol. The highest BCUT2D eigenvalue weighted by atomic mass is 16.1. The minimum atomic E-state index is -0.227. The quantitative estimate of drug-likeness (QED) is 0.530. The second-order valence-corrected chi connectivity index (χ2v) is 5.08. The molecule has 0 bridgehead atoms. The molecule has 0 aliphatic carbocycles. The van der Waals surface area contributed by atoms with Crippen LogP contribution in [0.2, 0.25) is 0 Å². The first kappa shape index (κ1) is 12.6. The Morgan fingerprint density at radius 2 is 1.86 bits per heavy atom. The van der Waals surface area contributed by atoms with Crippen molar-refractivity contribution in [2.45, 2.75) is 13.8 Å². The summed E-state index contributed by atoms with van der Waals surface area (Å²) in [5.74, 6) is 0.975. The van der Waals surface area contributed by atoms with Crippen molar-refractivity contribution in [3.8, 4) is 5.69 Å². The lowest BCUT2D eigenvalue weighted by molar-refractivity contribution is 0.903. The third-order valence-corrected chi connectivity index (χ3v) is 3.58. The molecule has 0 amide bonds. The molecule has 7 heteroatoms. The van der Waals surface area contributed by atoms with Crippen molar-refractivity contribution in [3.63, 3.8) is 0 Å². The van der Waals surface area contributed by atoms with Crippen LogP contribution < -0.4 is 5.56 Å². The van der Waals surface area contributed by atoms with Crippen molar-refractivity contribution < 1.29 is 0 Å². The van der Waals surface area contributed by atoms with Gasteiger partial charge in [-0.15, -0.1) is 15.3 Å². The molecule has 3 aromatic heterocycles. The molecule has 0 spiro atoms. The Balaban J connectivity index is 2.08. The van der Waals surface area contributed by atoms with E-state index in [1.165, 1.54) is 0 Å². The fourth-order valence-electron chi connectivity index (χ4n) is 2.53. The lowest BCUT2D eigenvalue weighted by Gasteiger charge is -2.09. The van der Waals surface area contributed by atoms with Gasteiger partial charge >= 0.3 is 0 Å². The number of aryl methyl sites for hydroxylation is 2. The van der Waals surface area contributed by atoms with Gasteiger partial charge in [0.05, 0.1) is 5.69 Å². The van der Waals surface area contributed by atoms with Gasteiger partial charge in [-0.05, 0) is 31.5 Å². The maximum Gasteiger partial charge on any atom is 0.285 e. The van der Waals surface area contributed by atoms with Crippen LogP contribution in [-0.4, -0.2) is 29.4 Å². The third kappa shape index (κ3) is 1.72. The Bertz CT molecular complexity index is 1080. The van der Waals surface area contributed by atoms with Crippen LogP contribution in [0, 0.1) is 13.8 Å². The van der Waals surface area contributed by atoms with Gasteiger partial charge in [-0.25, -0.2) is 0 Å². The smallest absolute Gasteiger partial charge is 0.282 e. The first-order valence-corrected chi connectivity index (χ1v) is 6.82. The highest BCUT2D eigenvalue weighted by Crippen LogP contribution is 2.14. The zero-order valence-corrected chi connectivity index (χ0v) is 12.1. The van der Waals surface area contributed by atoms with E-state index in [0.717, 1.165) is 11.3 Å². The molecule has 22 heavy (non-hydrogen) atoms. The van der Waals surface area contributed by atoms with E-state index < -0.39 is 0 Å². The van der Waals surface area contributed by atoms with Gasteiger partial charge in [-0.3, -0.25) is 9.36 Å². The number of hydrogen-bond donors (Lipinski definition) is 0. The zero-order valence-electron chi connectivity index (χ0n) is 12.1. The van der Waals surface area contributed by atoms with Crippen LogP contribution in [0.1, 0.15) is 11.4 Å². The lowest BCUT2D eigenvalue weighted by Crippen LogP contribution is -2.20. The Morgan fingerprint density at radius 3 is 2.68 bits per heavy atom. The molecule has 7 nitrogen and oxygen atoms in total. The predicted molar refractivity (Wildman–Crippen MR) is 81.2 cm³/mol. The number of nitrogens with zero attached hydrogens (tertiary/aromatic N) is 6. The van der Waals surface area contributed by atoms with Crippen molar-refractivity contribution in [3.05, 3.63) is 58.3 Å². The number of pyridine rings is 1. The first-order chi connectivity index (χ1) is 10.6. The summed E-state index contributed by atoms with van der Waals surface area (Å²) in [4.78, 5) is 16.9. The van der Waals surface area contributed by atoms with E-state index in [2.05, 4.69) is 20.3 Å². The zero-order chi connectivity index (χ0) is 15.3.